The average molecular weight is 249 g/mol. The van der Waals surface area contributed by atoms with Gasteiger partial charge >= 0.3 is 0 Å². The molecule has 1 aromatic carbocycles. The topological polar surface area (TPSA) is 75.1 Å². The molecule has 88 valence electrons. The molecule has 17 heavy (non-hydrogen) atoms. The quantitative estimate of drug-likeness (QED) is 0.873. The van der Waals surface area contributed by atoms with Gasteiger partial charge < -0.3 is 5.11 Å². The first-order chi connectivity index (χ1) is 8.19. The maximum Gasteiger partial charge on any atom is 0.257 e. The summed E-state index contributed by atoms with van der Waals surface area (Å²) < 4.78 is 0. The highest BCUT2D eigenvalue weighted by Gasteiger charge is 2.09. The number of hydrogen-bond acceptors (Lipinski definition) is 5. The molecule has 0 bridgehead atoms. The van der Waals surface area contributed by atoms with E-state index in [1.54, 1.807) is 12.1 Å². The molecule has 0 radical (unpaired) electrons. The van der Waals surface area contributed by atoms with Gasteiger partial charge in [-0.2, -0.15) is 0 Å². The van der Waals surface area contributed by atoms with Crippen LogP contribution < -0.4 is 5.32 Å². The van der Waals surface area contributed by atoms with E-state index in [9.17, 15) is 9.90 Å². The summed E-state index contributed by atoms with van der Waals surface area (Å²) >= 11 is 1.34. The number of benzene rings is 1. The van der Waals surface area contributed by atoms with Crippen molar-refractivity contribution in [3.63, 3.8) is 0 Å². The van der Waals surface area contributed by atoms with Gasteiger partial charge in [0.15, 0.2) is 0 Å². The molecule has 0 unspecified atom stereocenters. The lowest BCUT2D eigenvalue weighted by molar-refractivity contribution is 0.102. The number of phenols is 1. The van der Waals surface area contributed by atoms with E-state index < -0.39 is 0 Å². The van der Waals surface area contributed by atoms with E-state index in [2.05, 4.69) is 15.5 Å². The Balaban J connectivity index is 2.11. The van der Waals surface area contributed by atoms with Gasteiger partial charge in [-0.15, -0.1) is 10.2 Å². The second kappa shape index (κ2) is 4.92. The van der Waals surface area contributed by atoms with E-state index >= 15 is 0 Å². The molecule has 0 saturated carbocycles. The lowest BCUT2D eigenvalue weighted by Gasteiger charge is -2.01. The monoisotopic (exact) mass is 249 g/mol. The molecule has 6 heteroatoms. The van der Waals surface area contributed by atoms with Crippen molar-refractivity contribution in [2.24, 2.45) is 0 Å². The van der Waals surface area contributed by atoms with Crippen LogP contribution in [0.5, 0.6) is 5.75 Å². The highest BCUT2D eigenvalue weighted by Crippen LogP contribution is 2.17. The standard InChI is InChI=1S/C11H11N3O2S/c1-2-9-13-14-11(17-9)12-10(16)7-4-3-5-8(15)6-7/h3-6,15H,2H2,1H3,(H,12,14,16). The number of carbonyl (C=O) groups excluding carboxylic acids is 1. The molecule has 0 aliphatic rings. The zero-order valence-electron chi connectivity index (χ0n) is 9.17. The van der Waals surface area contributed by atoms with Crippen molar-refractivity contribution >= 4 is 22.4 Å². The number of nitrogens with zero attached hydrogens (tertiary/aromatic N) is 2. The SMILES string of the molecule is CCc1nnc(NC(=O)c2cccc(O)c2)s1. The minimum atomic E-state index is -0.306. The van der Waals surface area contributed by atoms with Gasteiger partial charge in [0.2, 0.25) is 5.13 Å². The van der Waals surface area contributed by atoms with Crippen molar-refractivity contribution in [3.05, 3.63) is 34.8 Å². The summed E-state index contributed by atoms with van der Waals surface area (Å²) in [4.78, 5) is 11.8. The fourth-order valence-electron chi connectivity index (χ4n) is 1.26. The Bertz CT molecular complexity index is 539. The molecule has 0 spiro atoms. The van der Waals surface area contributed by atoms with Crippen LogP contribution in [-0.4, -0.2) is 21.2 Å². The Morgan fingerprint density at radius 2 is 2.29 bits per heavy atom. The third-order valence-electron chi connectivity index (χ3n) is 2.10. The van der Waals surface area contributed by atoms with Crippen LogP contribution in [0.4, 0.5) is 5.13 Å². The zero-order valence-corrected chi connectivity index (χ0v) is 9.99. The van der Waals surface area contributed by atoms with Crippen LogP contribution in [0.1, 0.15) is 22.3 Å². The summed E-state index contributed by atoms with van der Waals surface area (Å²) in [6, 6.07) is 6.15. The molecule has 0 aliphatic carbocycles. The summed E-state index contributed by atoms with van der Waals surface area (Å²) in [6.45, 7) is 1.97. The molecule has 5 nitrogen and oxygen atoms in total. The molecule has 0 atom stereocenters. The summed E-state index contributed by atoms with van der Waals surface area (Å²) in [5.74, 6) is -0.246. The fraction of sp³-hybridized carbons (Fsp3) is 0.182. The van der Waals surface area contributed by atoms with Gasteiger partial charge in [-0.1, -0.05) is 24.3 Å². The van der Waals surface area contributed by atoms with Gasteiger partial charge in [0, 0.05) is 5.56 Å². The number of nitrogens with one attached hydrogen (secondary N) is 1. The van der Waals surface area contributed by atoms with Crippen molar-refractivity contribution in [1.82, 2.24) is 10.2 Å². The van der Waals surface area contributed by atoms with Crippen molar-refractivity contribution in [2.45, 2.75) is 13.3 Å². The number of aromatic hydroxyl groups is 1. The first-order valence-corrected chi connectivity index (χ1v) is 5.93. The third-order valence-corrected chi connectivity index (χ3v) is 3.08. The van der Waals surface area contributed by atoms with Crippen LogP contribution in [0.25, 0.3) is 0 Å². The van der Waals surface area contributed by atoms with Crippen molar-refractivity contribution in [1.29, 1.82) is 0 Å². The van der Waals surface area contributed by atoms with Crippen LogP contribution >= 0.6 is 11.3 Å². The van der Waals surface area contributed by atoms with E-state index in [-0.39, 0.29) is 11.7 Å². The highest BCUT2D eigenvalue weighted by molar-refractivity contribution is 7.15. The Morgan fingerprint density at radius 1 is 1.47 bits per heavy atom. The van der Waals surface area contributed by atoms with Gasteiger partial charge in [-0.25, -0.2) is 0 Å². The Kier molecular flexibility index (Phi) is 3.34. The van der Waals surface area contributed by atoms with Crippen LogP contribution in [0.15, 0.2) is 24.3 Å². The molecule has 2 N–H and O–H groups in total. The number of amides is 1. The first kappa shape index (κ1) is 11.5. The summed E-state index contributed by atoms with van der Waals surface area (Å²) in [7, 11) is 0. The van der Waals surface area contributed by atoms with Crippen molar-refractivity contribution in [2.75, 3.05) is 5.32 Å². The molecule has 2 aromatic rings. The number of aromatic nitrogens is 2. The number of carbonyl (C=O) groups is 1. The summed E-state index contributed by atoms with van der Waals surface area (Å²) in [5, 5.41) is 21.0. The predicted molar refractivity (Wildman–Crippen MR) is 65.3 cm³/mol. The van der Waals surface area contributed by atoms with Gasteiger partial charge in [0.05, 0.1) is 0 Å². The van der Waals surface area contributed by atoms with E-state index in [1.165, 1.54) is 23.5 Å². The molecule has 1 amide bonds. The Labute approximate surface area is 102 Å². The van der Waals surface area contributed by atoms with Crippen LogP contribution in [0.2, 0.25) is 0 Å². The molecule has 1 heterocycles. The van der Waals surface area contributed by atoms with Crippen molar-refractivity contribution < 1.29 is 9.90 Å². The normalized spacial score (nSPS) is 10.2. The minimum absolute atomic E-state index is 0.0594. The number of hydrogen-bond donors (Lipinski definition) is 2. The number of anilines is 1. The van der Waals surface area contributed by atoms with Crippen LogP contribution in [-0.2, 0) is 6.42 Å². The number of phenolic OH excluding ortho intramolecular Hbond substituents is 1. The molecular formula is C11H11N3O2S. The average Bonchev–Trinajstić information content (AvgIpc) is 2.77. The summed E-state index contributed by atoms with van der Waals surface area (Å²) in [6.07, 6.45) is 0.791. The van der Waals surface area contributed by atoms with Gasteiger partial charge in [-0.3, -0.25) is 10.1 Å². The van der Waals surface area contributed by atoms with E-state index in [4.69, 9.17) is 0 Å². The number of aryl methyl sites for hydroxylation is 1. The second-order valence-electron chi connectivity index (χ2n) is 3.36. The Hall–Kier alpha value is -1.95. The lowest BCUT2D eigenvalue weighted by atomic mass is 10.2. The largest absolute Gasteiger partial charge is 0.508 e. The lowest BCUT2D eigenvalue weighted by Crippen LogP contribution is -2.11. The Morgan fingerprint density at radius 3 is 2.94 bits per heavy atom. The van der Waals surface area contributed by atoms with E-state index in [0.29, 0.717) is 10.7 Å². The second-order valence-corrected chi connectivity index (χ2v) is 4.42. The van der Waals surface area contributed by atoms with Crippen LogP contribution in [0, 0.1) is 0 Å². The smallest absolute Gasteiger partial charge is 0.257 e. The molecule has 1 aromatic heterocycles. The molecular weight excluding hydrogens is 238 g/mol. The summed E-state index contributed by atoms with van der Waals surface area (Å²) in [5.41, 5.74) is 0.387. The third kappa shape index (κ3) is 2.79. The molecule has 0 saturated heterocycles. The number of rotatable bonds is 3. The van der Waals surface area contributed by atoms with Crippen LogP contribution in [0.3, 0.4) is 0 Å². The maximum atomic E-state index is 11.8. The molecule has 0 fully saturated rings. The predicted octanol–water partition coefficient (Wildman–Crippen LogP) is 2.06. The first-order valence-electron chi connectivity index (χ1n) is 5.12. The van der Waals surface area contributed by atoms with E-state index in [0.717, 1.165) is 11.4 Å². The zero-order chi connectivity index (χ0) is 12.3. The van der Waals surface area contributed by atoms with Crippen molar-refractivity contribution in [3.8, 4) is 5.75 Å². The van der Waals surface area contributed by atoms with Gasteiger partial charge in [0.1, 0.15) is 10.8 Å². The minimum Gasteiger partial charge on any atom is -0.508 e. The maximum absolute atomic E-state index is 11.8. The highest BCUT2D eigenvalue weighted by atomic mass is 32.1. The van der Waals surface area contributed by atoms with Gasteiger partial charge in [0.25, 0.3) is 5.91 Å². The van der Waals surface area contributed by atoms with E-state index in [1.807, 2.05) is 6.92 Å². The fourth-order valence-corrected chi connectivity index (χ4v) is 1.94. The molecule has 0 aliphatic heterocycles. The van der Waals surface area contributed by atoms with Gasteiger partial charge in [-0.05, 0) is 24.6 Å². The molecule has 2 rings (SSSR count).